The zero-order valence-corrected chi connectivity index (χ0v) is 18.9. The number of alkyl halides is 3. The first-order chi connectivity index (χ1) is 15.4. The monoisotopic (exact) mass is 482 g/mol. The number of benzene rings is 1. The number of aliphatic imine (C=N–C) groups is 1. The first-order valence-corrected chi connectivity index (χ1v) is 11.5. The molecular weight excluding hydrogens is 461 g/mol. The summed E-state index contributed by atoms with van der Waals surface area (Å²) in [5, 5.41) is 0.292. The van der Waals surface area contributed by atoms with Crippen molar-refractivity contribution in [2.75, 3.05) is 17.2 Å². The van der Waals surface area contributed by atoms with Crippen molar-refractivity contribution in [3.05, 3.63) is 29.3 Å². The highest BCUT2D eigenvalue weighted by Gasteiger charge is 2.76. The fourth-order valence-corrected chi connectivity index (χ4v) is 6.59. The topological polar surface area (TPSA) is 85.3 Å². The van der Waals surface area contributed by atoms with Crippen LogP contribution in [0.2, 0.25) is 0 Å². The highest BCUT2D eigenvalue weighted by molar-refractivity contribution is 8.14. The molecule has 2 bridgehead atoms. The van der Waals surface area contributed by atoms with Crippen LogP contribution in [0.4, 0.5) is 18.9 Å². The predicted octanol–water partition coefficient (Wildman–Crippen LogP) is 3.19. The van der Waals surface area contributed by atoms with Crippen molar-refractivity contribution in [1.29, 1.82) is 0 Å². The van der Waals surface area contributed by atoms with E-state index in [9.17, 15) is 27.6 Å². The Balaban J connectivity index is 1.55. The van der Waals surface area contributed by atoms with Crippen LogP contribution in [0.25, 0.3) is 0 Å². The van der Waals surface area contributed by atoms with Gasteiger partial charge in [-0.2, -0.15) is 13.2 Å². The number of carbonyl (C=O) groups is 3. The number of hydrogen-bond donors (Lipinski definition) is 0. The van der Waals surface area contributed by atoms with E-state index in [1.54, 1.807) is 13.8 Å². The number of rotatable bonds is 3. The molecule has 4 aliphatic heterocycles. The number of nitrogens with zero attached hydrogens (tertiary/aromatic N) is 2. The summed E-state index contributed by atoms with van der Waals surface area (Å²) in [5.74, 6) is -3.03. The van der Waals surface area contributed by atoms with Crippen LogP contribution in [-0.4, -0.2) is 52.4 Å². The highest BCUT2D eigenvalue weighted by Crippen LogP contribution is 2.61. The van der Waals surface area contributed by atoms with Crippen molar-refractivity contribution in [3.63, 3.8) is 0 Å². The third kappa shape index (κ3) is 3.15. The Hall–Kier alpha value is -2.40. The van der Waals surface area contributed by atoms with Gasteiger partial charge < -0.3 is 9.47 Å². The molecule has 1 aromatic rings. The number of carbonyl (C=O) groups excluding carboxylic acids is 3. The van der Waals surface area contributed by atoms with Gasteiger partial charge in [0.25, 0.3) is 0 Å². The summed E-state index contributed by atoms with van der Waals surface area (Å²) in [6, 6.07) is 3.45. The van der Waals surface area contributed by atoms with E-state index in [4.69, 9.17) is 9.47 Å². The van der Waals surface area contributed by atoms with Gasteiger partial charge in [-0.25, -0.2) is 4.90 Å². The molecule has 0 aromatic heterocycles. The van der Waals surface area contributed by atoms with Gasteiger partial charge in [0.05, 0.1) is 33.7 Å². The predicted molar refractivity (Wildman–Crippen MR) is 113 cm³/mol. The van der Waals surface area contributed by atoms with Crippen LogP contribution in [0, 0.1) is 11.8 Å². The normalized spacial score (nSPS) is 35.3. The molecule has 4 aliphatic rings. The molecule has 0 spiro atoms. The molecule has 1 aromatic carbocycles. The van der Waals surface area contributed by atoms with E-state index >= 15 is 0 Å². The Labute approximate surface area is 191 Å². The number of amides is 2. The van der Waals surface area contributed by atoms with Gasteiger partial charge in [0.15, 0.2) is 0 Å². The average molecular weight is 482 g/mol. The molecule has 2 unspecified atom stereocenters. The zero-order chi connectivity index (χ0) is 23.9. The lowest BCUT2D eigenvalue weighted by Crippen LogP contribution is -2.50. The Bertz CT molecular complexity index is 1120. The van der Waals surface area contributed by atoms with E-state index in [0.29, 0.717) is 17.3 Å². The molecule has 11 heteroatoms. The maximum absolute atomic E-state index is 13.9. The summed E-state index contributed by atoms with van der Waals surface area (Å²) in [7, 11) is 0. The van der Waals surface area contributed by atoms with Crippen molar-refractivity contribution in [2.45, 2.75) is 50.7 Å². The van der Waals surface area contributed by atoms with E-state index in [2.05, 4.69) is 4.99 Å². The van der Waals surface area contributed by atoms with Gasteiger partial charge in [0, 0.05) is 31.2 Å². The van der Waals surface area contributed by atoms with Crippen molar-refractivity contribution in [1.82, 2.24) is 0 Å². The minimum atomic E-state index is -4.70. The van der Waals surface area contributed by atoms with Gasteiger partial charge in [0.1, 0.15) is 11.7 Å². The molecule has 176 valence electrons. The smallest absolute Gasteiger partial charge is 0.417 e. The van der Waals surface area contributed by atoms with Gasteiger partial charge in [0.2, 0.25) is 11.8 Å². The maximum atomic E-state index is 13.9. The lowest BCUT2D eigenvalue weighted by Gasteiger charge is -2.34. The Morgan fingerprint density at radius 3 is 2.55 bits per heavy atom. The lowest BCUT2D eigenvalue weighted by atomic mass is 9.67. The summed E-state index contributed by atoms with van der Waals surface area (Å²) in [6.45, 7) is 4.97. The molecular formula is C22H21F3N2O5S. The number of anilines is 1. The summed E-state index contributed by atoms with van der Waals surface area (Å²) >= 11 is 1.24. The Morgan fingerprint density at radius 1 is 1.24 bits per heavy atom. The van der Waals surface area contributed by atoms with Crippen LogP contribution in [-0.2, 0) is 30.0 Å². The van der Waals surface area contributed by atoms with Crippen LogP contribution in [0.1, 0.15) is 38.3 Å². The lowest BCUT2D eigenvalue weighted by molar-refractivity contribution is -0.159. The molecule has 7 nitrogen and oxygen atoms in total. The molecule has 33 heavy (non-hydrogen) atoms. The van der Waals surface area contributed by atoms with Crippen molar-refractivity contribution in [2.24, 2.45) is 16.8 Å². The van der Waals surface area contributed by atoms with Crippen LogP contribution in [0.3, 0.4) is 0 Å². The van der Waals surface area contributed by atoms with E-state index in [1.165, 1.54) is 30.8 Å². The number of esters is 1. The number of halogens is 3. The third-order valence-electron chi connectivity index (χ3n) is 6.96. The van der Waals surface area contributed by atoms with E-state index in [1.807, 2.05) is 0 Å². The molecule has 0 N–H and O–H groups in total. The van der Waals surface area contributed by atoms with Crippen LogP contribution in [0.15, 0.2) is 23.2 Å². The summed E-state index contributed by atoms with van der Waals surface area (Å²) in [6.07, 6.45) is -5.21. The van der Waals surface area contributed by atoms with Crippen LogP contribution in [0.5, 0.6) is 0 Å². The molecule has 2 amide bonds. The fraction of sp³-hybridized carbons (Fsp3) is 0.545. The highest BCUT2D eigenvalue weighted by atomic mass is 32.2. The first-order valence-electron chi connectivity index (χ1n) is 10.5. The molecule has 3 saturated heterocycles. The molecule has 0 saturated carbocycles. The number of thioether (sulfide) groups is 1. The second-order valence-corrected chi connectivity index (χ2v) is 10.2. The van der Waals surface area contributed by atoms with Crippen molar-refractivity contribution < 1.29 is 37.0 Å². The number of hydrogen-bond acceptors (Lipinski definition) is 7. The van der Waals surface area contributed by atoms with Gasteiger partial charge in [-0.15, -0.1) is 11.8 Å². The van der Waals surface area contributed by atoms with Crippen LogP contribution >= 0.6 is 11.8 Å². The number of fused-ring (bicyclic) bond motifs is 5. The number of imide groups is 1. The van der Waals surface area contributed by atoms with E-state index in [0.717, 1.165) is 11.0 Å². The van der Waals surface area contributed by atoms with Gasteiger partial charge in [-0.1, -0.05) is 0 Å². The third-order valence-corrected chi connectivity index (χ3v) is 7.96. The average Bonchev–Trinajstić information content (AvgIpc) is 3.42. The summed E-state index contributed by atoms with van der Waals surface area (Å²) in [4.78, 5) is 43.3. The largest absolute Gasteiger partial charge is 0.459 e. The summed E-state index contributed by atoms with van der Waals surface area (Å²) in [5.41, 5.74) is -3.46. The van der Waals surface area contributed by atoms with Gasteiger partial charge >= 0.3 is 12.1 Å². The SMILES string of the molecule is CC(=O)O[C@H]1CC2(C)OC1(C)[C@@H]1C(=O)N(c3ccc(C4=NCCS4)c(C(F)(F)F)c3)C(=O)[C@@H]12. The Kier molecular flexibility index (Phi) is 4.78. The molecule has 5 atom stereocenters. The van der Waals surface area contributed by atoms with Gasteiger partial charge in [-0.05, 0) is 32.0 Å². The quantitative estimate of drug-likeness (QED) is 0.486. The van der Waals surface area contributed by atoms with Crippen LogP contribution < -0.4 is 4.90 Å². The van der Waals surface area contributed by atoms with E-state index < -0.39 is 58.7 Å². The first kappa shape index (κ1) is 22.4. The molecule has 3 fully saturated rings. The molecule has 4 heterocycles. The second-order valence-electron chi connectivity index (χ2n) is 9.13. The summed E-state index contributed by atoms with van der Waals surface area (Å²) < 4.78 is 53.2. The maximum Gasteiger partial charge on any atom is 0.417 e. The Morgan fingerprint density at radius 2 is 1.94 bits per heavy atom. The fourth-order valence-electron chi connectivity index (χ4n) is 5.70. The molecule has 5 rings (SSSR count). The minimum absolute atomic E-state index is 0.0645. The van der Waals surface area contributed by atoms with Crippen molar-refractivity contribution >= 4 is 40.3 Å². The van der Waals surface area contributed by atoms with E-state index in [-0.39, 0.29) is 17.7 Å². The minimum Gasteiger partial charge on any atom is -0.459 e. The van der Waals surface area contributed by atoms with Gasteiger partial charge in [-0.3, -0.25) is 19.4 Å². The number of ether oxygens (including phenoxy) is 2. The molecule has 0 radical (unpaired) electrons. The second kappa shape index (κ2) is 7.05. The zero-order valence-electron chi connectivity index (χ0n) is 18.1. The van der Waals surface area contributed by atoms with Crippen molar-refractivity contribution in [3.8, 4) is 0 Å². The standard InChI is InChI=1S/C22H21F3N2O5S/c1-10(28)31-14-9-20(2)15-16(21(14,3)32-20)19(30)27(18(15)29)11-4-5-12(17-26-6-7-33-17)13(8-11)22(23,24)25/h4-5,8,14-16H,6-7,9H2,1-3H3/t14-,15+,16-,20?,21?/m0/s1. The molecule has 0 aliphatic carbocycles.